The molecule has 1 aromatic carbocycles. The number of nitrogens with zero attached hydrogens (tertiary/aromatic N) is 2. The molecule has 6 heteroatoms. The third kappa shape index (κ3) is 6.05. The first-order valence-electron chi connectivity index (χ1n) is 8.76. The number of thiazole rings is 1. The van der Waals surface area contributed by atoms with Crippen LogP contribution in [0.3, 0.4) is 0 Å². The van der Waals surface area contributed by atoms with E-state index in [1.54, 1.807) is 18.4 Å². The number of aromatic nitrogens is 1. The van der Waals surface area contributed by atoms with Crippen molar-refractivity contribution >= 4 is 17.3 Å². The minimum Gasteiger partial charge on any atom is -0.494 e. The van der Waals surface area contributed by atoms with Gasteiger partial charge in [-0.05, 0) is 37.5 Å². The van der Waals surface area contributed by atoms with Gasteiger partial charge in [-0.3, -0.25) is 4.99 Å². The summed E-state index contributed by atoms with van der Waals surface area (Å²) in [6.45, 7) is 8.46. The topological polar surface area (TPSA) is 58.5 Å². The molecule has 0 aliphatic rings. The maximum Gasteiger partial charge on any atom is 0.191 e. The molecule has 0 spiro atoms. The minimum atomic E-state index is 0.688. The molecule has 0 unspecified atom stereocenters. The summed E-state index contributed by atoms with van der Waals surface area (Å²) in [5.41, 5.74) is 2.36. The lowest BCUT2D eigenvalue weighted by Crippen LogP contribution is -2.37. The fourth-order valence-electron chi connectivity index (χ4n) is 2.46. The Morgan fingerprint density at radius 1 is 1.28 bits per heavy atom. The van der Waals surface area contributed by atoms with Crippen LogP contribution >= 0.6 is 11.3 Å². The highest BCUT2D eigenvalue weighted by atomic mass is 32.1. The number of rotatable bonds is 8. The molecule has 0 radical (unpaired) electrons. The van der Waals surface area contributed by atoms with Crippen LogP contribution in [0.4, 0.5) is 0 Å². The Bertz CT molecular complexity index is 696. The zero-order chi connectivity index (χ0) is 18.1. The second-order valence-corrected chi connectivity index (χ2v) is 6.91. The molecule has 0 atom stereocenters. The van der Waals surface area contributed by atoms with Crippen LogP contribution in [0, 0.1) is 6.92 Å². The molecule has 2 aromatic rings. The predicted octanol–water partition coefficient (Wildman–Crippen LogP) is 3.32. The van der Waals surface area contributed by atoms with Crippen molar-refractivity contribution in [2.75, 3.05) is 20.2 Å². The van der Waals surface area contributed by atoms with E-state index in [9.17, 15) is 0 Å². The van der Waals surface area contributed by atoms with Gasteiger partial charge in [0.1, 0.15) is 5.75 Å². The van der Waals surface area contributed by atoms with Gasteiger partial charge in [0.25, 0.3) is 0 Å². The van der Waals surface area contributed by atoms with E-state index in [4.69, 9.17) is 4.74 Å². The number of benzene rings is 1. The molecule has 0 amide bonds. The Labute approximate surface area is 154 Å². The van der Waals surface area contributed by atoms with E-state index < -0.39 is 0 Å². The highest BCUT2D eigenvalue weighted by Gasteiger charge is 2.04. The van der Waals surface area contributed by atoms with E-state index in [0.717, 1.165) is 43.2 Å². The average Bonchev–Trinajstić information content (AvgIpc) is 3.08. The zero-order valence-corrected chi connectivity index (χ0v) is 16.4. The molecular formula is C19H28N4OS. The smallest absolute Gasteiger partial charge is 0.191 e. The third-order valence-electron chi connectivity index (χ3n) is 3.80. The molecule has 1 heterocycles. The second kappa shape index (κ2) is 10.0. The largest absolute Gasteiger partial charge is 0.494 e. The van der Waals surface area contributed by atoms with Crippen molar-refractivity contribution in [3.63, 3.8) is 0 Å². The number of guanidine groups is 1. The van der Waals surface area contributed by atoms with Gasteiger partial charge in [0.2, 0.25) is 0 Å². The van der Waals surface area contributed by atoms with Gasteiger partial charge in [-0.25, -0.2) is 4.98 Å². The molecule has 0 bridgehead atoms. The fourth-order valence-corrected chi connectivity index (χ4v) is 3.32. The Kier molecular flexibility index (Phi) is 7.73. The maximum absolute atomic E-state index is 5.58. The molecule has 136 valence electrons. The molecular weight excluding hydrogens is 332 g/mol. The number of hydrogen-bond acceptors (Lipinski definition) is 4. The Hall–Kier alpha value is -2.08. The van der Waals surface area contributed by atoms with Gasteiger partial charge in [-0.15, -0.1) is 11.3 Å². The molecule has 0 aliphatic carbocycles. The van der Waals surface area contributed by atoms with Gasteiger partial charge in [0.15, 0.2) is 5.96 Å². The minimum absolute atomic E-state index is 0.688. The lowest BCUT2D eigenvalue weighted by Gasteiger charge is -2.13. The lowest BCUT2D eigenvalue weighted by atomic mass is 10.1. The Morgan fingerprint density at radius 2 is 2.12 bits per heavy atom. The summed E-state index contributed by atoms with van der Waals surface area (Å²) < 4.78 is 5.58. The summed E-state index contributed by atoms with van der Waals surface area (Å²) >= 11 is 1.79. The van der Waals surface area contributed by atoms with Crippen LogP contribution < -0.4 is 15.4 Å². The van der Waals surface area contributed by atoms with Gasteiger partial charge in [0.05, 0.1) is 11.6 Å². The van der Waals surface area contributed by atoms with Crippen LogP contribution in [-0.4, -0.2) is 31.1 Å². The number of nitrogens with one attached hydrogen (secondary N) is 2. The van der Waals surface area contributed by atoms with Gasteiger partial charge in [-0.1, -0.05) is 19.1 Å². The zero-order valence-electron chi connectivity index (χ0n) is 15.6. The molecule has 5 nitrogen and oxygen atoms in total. The van der Waals surface area contributed by atoms with Gasteiger partial charge in [-0.2, -0.15) is 0 Å². The van der Waals surface area contributed by atoms with Crippen LogP contribution in [0.25, 0.3) is 0 Å². The number of ether oxygens (including phenoxy) is 1. The van der Waals surface area contributed by atoms with Crippen LogP contribution in [0.5, 0.6) is 5.75 Å². The summed E-state index contributed by atoms with van der Waals surface area (Å²) in [4.78, 5) is 10.1. The predicted molar refractivity (Wildman–Crippen MR) is 106 cm³/mol. The Morgan fingerprint density at radius 3 is 2.76 bits per heavy atom. The van der Waals surface area contributed by atoms with E-state index in [0.29, 0.717) is 6.61 Å². The summed E-state index contributed by atoms with van der Waals surface area (Å²) in [5, 5.41) is 7.86. The first-order chi connectivity index (χ1) is 12.2. The standard InChI is InChI=1S/C19H28N4OS/c1-5-16-13-22-18(25-16)9-10-21-19(20-4)23-12-15-7-8-17(24-6-2)14(3)11-15/h7-8,11,13H,5-6,9-10,12H2,1-4H3,(H2,20,21,23). The summed E-state index contributed by atoms with van der Waals surface area (Å²) in [6.07, 6.45) is 3.94. The molecule has 25 heavy (non-hydrogen) atoms. The van der Waals surface area contributed by atoms with Crippen molar-refractivity contribution in [1.29, 1.82) is 0 Å². The van der Waals surface area contributed by atoms with Crippen LogP contribution in [-0.2, 0) is 19.4 Å². The number of aliphatic imine (C=N–C) groups is 1. The van der Waals surface area contributed by atoms with Crippen LogP contribution in [0.15, 0.2) is 29.4 Å². The monoisotopic (exact) mass is 360 g/mol. The molecule has 2 rings (SSSR count). The summed E-state index contributed by atoms with van der Waals surface area (Å²) in [6, 6.07) is 6.26. The summed E-state index contributed by atoms with van der Waals surface area (Å²) in [7, 11) is 1.79. The van der Waals surface area contributed by atoms with Crippen LogP contribution in [0.1, 0.15) is 34.9 Å². The fraction of sp³-hybridized carbons (Fsp3) is 0.474. The van der Waals surface area contributed by atoms with E-state index in [1.165, 1.54) is 15.4 Å². The Balaban J connectivity index is 1.79. The molecule has 2 N–H and O–H groups in total. The highest BCUT2D eigenvalue weighted by molar-refractivity contribution is 7.11. The van der Waals surface area contributed by atoms with Gasteiger partial charge >= 0.3 is 0 Å². The third-order valence-corrected chi connectivity index (χ3v) is 5.01. The van der Waals surface area contributed by atoms with Crippen molar-refractivity contribution in [2.24, 2.45) is 4.99 Å². The summed E-state index contributed by atoms with van der Waals surface area (Å²) in [5.74, 6) is 1.75. The number of aryl methyl sites for hydroxylation is 2. The SMILES string of the molecule is CCOc1ccc(CNC(=NC)NCCc2ncc(CC)s2)cc1C. The van der Waals surface area contributed by atoms with Crippen LogP contribution in [0.2, 0.25) is 0 Å². The van der Waals surface area contributed by atoms with Crippen molar-refractivity contribution in [3.05, 3.63) is 45.4 Å². The van der Waals surface area contributed by atoms with Crippen molar-refractivity contribution in [1.82, 2.24) is 15.6 Å². The van der Waals surface area contributed by atoms with E-state index in [2.05, 4.69) is 46.6 Å². The molecule has 1 aromatic heterocycles. The maximum atomic E-state index is 5.58. The lowest BCUT2D eigenvalue weighted by molar-refractivity contribution is 0.338. The van der Waals surface area contributed by atoms with Gasteiger partial charge < -0.3 is 15.4 Å². The first-order valence-corrected chi connectivity index (χ1v) is 9.58. The molecule has 0 saturated carbocycles. The van der Waals surface area contributed by atoms with Gasteiger partial charge in [0, 0.05) is 37.6 Å². The van der Waals surface area contributed by atoms with E-state index >= 15 is 0 Å². The van der Waals surface area contributed by atoms with E-state index in [1.807, 2.05) is 19.2 Å². The highest BCUT2D eigenvalue weighted by Crippen LogP contribution is 2.19. The van der Waals surface area contributed by atoms with Crippen molar-refractivity contribution < 1.29 is 4.74 Å². The average molecular weight is 361 g/mol. The molecule has 0 fully saturated rings. The van der Waals surface area contributed by atoms with Crippen molar-refractivity contribution in [3.8, 4) is 5.75 Å². The quantitative estimate of drug-likeness (QED) is 0.560. The van der Waals surface area contributed by atoms with E-state index in [-0.39, 0.29) is 0 Å². The number of hydrogen-bond donors (Lipinski definition) is 2. The van der Waals surface area contributed by atoms with Crippen molar-refractivity contribution in [2.45, 2.75) is 40.2 Å². The molecule has 0 aliphatic heterocycles. The molecule has 0 saturated heterocycles. The second-order valence-electron chi connectivity index (χ2n) is 5.71. The normalized spacial score (nSPS) is 11.4. The first kappa shape index (κ1) is 19.2.